The van der Waals surface area contributed by atoms with Gasteiger partial charge in [-0.15, -0.1) is 10.2 Å². The number of para-hydroxylation sites is 1. The highest BCUT2D eigenvalue weighted by Crippen LogP contribution is 2.22. The van der Waals surface area contributed by atoms with Gasteiger partial charge in [0, 0.05) is 17.8 Å². The highest BCUT2D eigenvalue weighted by atomic mass is 32.2. The highest BCUT2D eigenvalue weighted by Gasteiger charge is 2.15. The first-order chi connectivity index (χ1) is 14.3. The molecule has 3 aromatic rings. The van der Waals surface area contributed by atoms with Crippen LogP contribution in [0.5, 0.6) is 5.75 Å². The zero-order chi connectivity index (χ0) is 21.7. The van der Waals surface area contributed by atoms with Crippen LogP contribution in [0.1, 0.15) is 11.4 Å². The van der Waals surface area contributed by atoms with Gasteiger partial charge in [0.25, 0.3) is 5.69 Å². The van der Waals surface area contributed by atoms with Crippen LogP contribution < -0.4 is 15.9 Å². The monoisotopic (exact) mass is 432 g/mol. The fourth-order valence-corrected chi connectivity index (χ4v) is 3.10. The van der Waals surface area contributed by atoms with E-state index in [1.807, 2.05) is 0 Å². The van der Waals surface area contributed by atoms with Gasteiger partial charge in [-0.25, -0.2) is 9.07 Å². The van der Waals surface area contributed by atoms with Crippen molar-refractivity contribution >= 4 is 29.0 Å². The molecular weight excluding hydrogens is 415 g/mol. The lowest BCUT2D eigenvalue weighted by molar-refractivity contribution is -0.384. The predicted molar refractivity (Wildman–Crippen MR) is 108 cm³/mol. The molecule has 0 spiro atoms. The van der Waals surface area contributed by atoms with Crippen LogP contribution in [0, 0.1) is 22.9 Å². The summed E-state index contributed by atoms with van der Waals surface area (Å²) in [6.07, 6.45) is 0. The maximum Gasteiger partial charge on any atom is 0.269 e. The van der Waals surface area contributed by atoms with Gasteiger partial charge in [0.1, 0.15) is 6.61 Å². The third-order valence-corrected chi connectivity index (χ3v) is 4.90. The van der Waals surface area contributed by atoms with Crippen LogP contribution in [0.15, 0.2) is 47.6 Å². The molecule has 0 fully saturated rings. The smallest absolute Gasteiger partial charge is 0.269 e. The van der Waals surface area contributed by atoms with Crippen LogP contribution in [0.2, 0.25) is 0 Å². The highest BCUT2D eigenvalue weighted by molar-refractivity contribution is 7.99. The van der Waals surface area contributed by atoms with Crippen molar-refractivity contribution in [1.82, 2.24) is 14.9 Å². The summed E-state index contributed by atoms with van der Waals surface area (Å²) in [5.41, 5.74) is 0.984. The number of non-ortho nitro benzene ring substituents is 1. The Morgan fingerprint density at radius 1 is 1.33 bits per heavy atom. The van der Waals surface area contributed by atoms with Crippen LogP contribution in [-0.2, 0) is 11.4 Å². The Morgan fingerprint density at radius 3 is 2.80 bits per heavy atom. The van der Waals surface area contributed by atoms with Crippen LogP contribution in [0.3, 0.4) is 0 Å². The van der Waals surface area contributed by atoms with Gasteiger partial charge in [-0.1, -0.05) is 23.9 Å². The number of nitrogens with one attached hydrogen (secondary N) is 1. The lowest BCUT2D eigenvalue weighted by Crippen LogP contribution is -2.18. The maximum atomic E-state index is 13.6. The average molecular weight is 432 g/mol. The van der Waals surface area contributed by atoms with E-state index in [9.17, 15) is 19.3 Å². The molecule has 12 heteroatoms. The number of hydrogen-bond acceptors (Lipinski definition) is 8. The van der Waals surface area contributed by atoms with Crippen LogP contribution in [-0.4, -0.2) is 31.5 Å². The molecule has 10 nitrogen and oxygen atoms in total. The molecule has 1 aromatic heterocycles. The molecule has 3 rings (SSSR count). The van der Waals surface area contributed by atoms with E-state index in [-0.39, 0.29) is 40.7 Å². The number of benzene rings is 2. The van der Waals surface area contributed by atoms with Crippen LogP contribution in [0.4, 0.5) is 15.8 Å². The first-order valence-corrected chi connectivity index (χ1v) is 9.58. The fraction of sp³-hybridized carbons (Fsp3) is 0.167. The Morgan fingerprint density at radius 2 is 2.10 bits per heavy atom. The summed E-state index contributed by atoms with van der Waals surface area (Å²) in [6, 6.07) is 10.1. The molecule has 1 amide bonds. The maximum absolute atomic E-state index is 13.6. The molecule has 0 bridgehead atoms. The zero-order valence-corrected chi connectivity index (χ0v) is 16.6. The van der Waals surface area contributed by atoms with Gasteiger partial charge in [-0.05, 0) is 30.7 Å². The average Bonchev–Trinajstić information content (AvgIpc) is 3.07. The van der Waals surface area contributed by atoms with Crippen molar-refractivity contribution in [2.45, 2.75) is 18.7 Å². The predicted octanol–water partition coefficient (Wildman–Crippen LogP) is 2.66. The third-order valence-electron chi connectivity index (χ3n) is 3.96. The lowest BCUT2D eigenvalue weighted by Gasteiger charge is -2.08. The summed E-state index contributed by atoms with van der Waals surface area (Å²) in [6.45, 7) is 1.56. The Bertz CT molecular complexity index is 1090. The minimum atomic E-state index is -0.506. The zero-order valence-electron chi connectivity index (χ0n) is 15.7. The summed E-state index contributed by atoms with van der Waals surface area (Å²) < 4.78 is 20.1. The largest absolute Gasteiger partial charge is 0.482 e. The van der Waals surface area contributed by atoms with Gasteiger partial charge in [-0.2, -0.15) is 0 Å². The Balaban J connectivity index is 1.55. The SMILES string of the molecule is Cc1cc([N+](=O)[O-])ccc1NC(=O)CSc1nnc(COc2ccccc2F)n1N. The fourth-order valence-electron chi connectivity index (χ4n) is 2.43. The molecule has 1 heterocycles. The molecule has 2 aromatic carbocycles. The van der Waals surface area contributed by atoms with E-state index >= 15 is 0 Å². The summed E-state index contributed by atoms with van der Waals surface area (Å²) >= 11 is 1.05. The number of halogens is 1. The van der Waals surface area contributed by atoms with E-state index in [2.05, 4.69) is 15.5 Å². The van der Waals surface area contributed by atoms with E-state index in [1.165, 1.54) is 30.3 Å². The Kier molecular flexibility index (Phi) is 6.47. The van der Waals surface area contributed by atoms with Gasteiger partial charge >= 0.3 is 0 Å². The minimum absolute atomic E-state index is 0.0140. The number of nitro benzene ring substituents is 1. The molecule has 30 heavy (non-hydrogen) atoms. The van der Waals surface area contributed by atoms with E-state index in [1.54, 1.807) is 19.1 Å². The van der Waals surface area contributed by atoms with Gasteiger partial charge in [0.15, 0.2) is 17.4 Å². The van der Waals surface area contributed by atoms with E-state index < -0.39 is 10.7 Å². The second-order valence-corrected chi connectivity index (χ2v) is 7.02. The first-order valence-electron chi connectivity index (χ1n) is 8.59. The number of nitrogen functional groups attached to an aromatic ring is 1. The molecule has 0 aliphatic carbocycles. The number of nitrogens with zero attached hydrogens (tertiary/aromatic N) is 4. The van der Waals surface area contributed by atoms with Crippen molar-refractivity contribution in [2.75, 3.05) is 16.9 Å². The van der Waals surface area contributed by atoms with Crippen LogP contribution >= 0.6 is 11.8 Å². The van der Waals surface area contributed by atoms with Crippen molar-refractivity contribution in [3.8, 4) is 5.75 Å². The molecule has 156 valence electrons. The normalized spacial score (nSPS) is 10.6. The number of anilines is 1. The van der Waals surface area contributed by atoms with Crippen molar-refractivity contribution in [1.29, 1.82) is 0 Å². The molecule has 3 N–H and O–H groups in total. The molecule has 0 aliphatic heterocycles. The summed E-state index contributed by atoms with van der Waals surface area (Å²) in [5.74, 6) is 5.37. The molecule has 0 saturated carbocycles. The number of aryl methyl sites for hydroxylation is 1. The summed E-state index contributed by atoms with van der Waals surface area (Å²) in [7, 11) is 0. The number of carbonyl (C=O) groups is 1. The second-order valence-electron chi connectivity index (χ2n) is 6.08. The topological polar surface area (TPSA) is 138 Å². The number of ether oxygens (including phenoxy) is 1. The molecule has 0 saturated heterocycles. The molecule has 0 atom stereocenters. The number of rotatable bonds is 8. The molecular formula is C18H17FN6O4S. The van der Waals surface area contributed by atoms with Gasteiger partial charge in [0.2, 0.25) is 11.1 Å². The number of amides is 1. The number of thioether (sulfide) groups is 1. The molecule has 0 aliphatic rings. The number of nitrogens with two attached hydrogens (primary N) is 1. The minimum Gasteiger partial charge on any atom is -0.482 e. The van der Waals surface area contributed by atoms with Crippen molar-refractivity contribution in [3.05, 3.63) is 69.8 Å². The van der Waals surface area contributed by atoms with Crippen molar-refractivity contribution in [2.24, 2.45) is 0 Å². The number of carbonyl (C=O) groups excluding carboxylic acids is 1. The van der Waals surface area contributed by atoms with Gasteiger partial charge in [0.05, 0.1) is 10.7 Å². The standard InChI is InChI=1S/C18H17FN6O4S/c1-11-8-12(25(27)28)6-7-14(11)21-17(26)10-30-18-23-22-16(24(18)20)9-29-15-5-3-2-4-13(15)19/h2-8H,9-10,20H2,1H3,(H,21,26). The van der Waals surface area contributed by atoms with E-state index in [0.29, 0.717) is 11.3 Å². The third kappa shape index (κ3) is 5.03. The Hall–Kier alpha value is -3.67. The number of aromatic nitrogens is 3. The van der Waals surface area contributed by atoms with E-state index in [0.717, 1.165) is 16.4 Å². The lowest BCUT2D eigenvalue weighted by atomic mass is 10.2. The molecule has 0 unspecified atom stereocenters. The quantitative estimate of drug-likeness (QED) is 0.240. The summed E-state index contributed by atoms with van der Waals surface area (Å²) in [4.78, 5) is 22.5. The molecule has 0 radical (unpaired) electrons. The number of nitro groups is 1. The van der Waals surface area contributed by atoms with Crippen molar-refractivity contribution < 1.29 is 18.8 Å². The van der Waals surface area contributed by atoms with Crippen LogP contribution in [0.25, 0.3) is 0 Å². The number of hydrogen-bond donors (Lipinski definition) is 2. The van der Waals surface area contributed by atoms with Crippen molar-refractivity contribution in [3.63, 3.8) is 0 Å². The summed E-state index contributed by atoms with van der Waals surface area (Å²) in [5, 5.41) is 21.5. The Labute approximate surface area is 174 Å². The first kappa shape index (κ1) is 21.0. The second kappa shape index (κ2) is 9.22. The van der Waals surface area contributed by atoms with Gasteiger partial charge in [-0.3, -0.25) is 14.9 Å². The van der Waals surface area contributed by atoms with Gasteiger partial charge < -0.3 is 15.9 Å². The van der Waals surface area contributed by atoms with E-state index in [4.69, 9.17) is 10.6 Å².